The van der Waals surface area contributed by atoms with Crippen LogP contribution in [0.1, 0.15) is 0 Å². The molecule has 0 aliphatic carbocycles. The number of nitrogen functional groups attached to an aromatic ring is 1. The van der Waals surface area contributed by atoms with Crippen molar-refractivity contribution in [3.63, 3.8) is 0 Å². The van der Waals surface area contributed by atoms with Crippen molar-refractivity contribution in [3.05, 3.63) is 24.4 Å². The SMILES string of the molecule is Cl.Nc1c(OCCO)nn2ccccc12.O. The van der Waals surface area contributed by atoms with Gasteiger partial charge in [0.1, 0.15) is 12.3 Å². The zero-order valence-electron chi connectivity index (χ0n) is 8.46. The molecule has 90 valence electrons. The van der Waals surface area contributed by atoms with Gasteiger partial charge in [-0.15, -0.1) is 17.5 Å². The van der Waals surface area contributed by atoms with Crippen molar-refractivity contribution in [2.24, 2.45) is 0 Å². The van der Waals surface area contributed by atoms with Crippen molar-refractivity contribution in [3.8, 4) is 5.88 Å². The van der Waals surface area contributed by atoms with Gasteiger partial charge in [0, 0.05) is 6.20 Å². The number of rotatable bonds is 3. The third kappa shape index (κ3) is 2.54. The number of aromatic nitrogens is 2. The number of hydrogen-bond acceptors (Lipinski definition) is 4. The van der Waals surface area contributed by atoms with Crippen LogP contribution in [0.25, 0.3) is 5.52 Å². The standard InChI is InChI=1S/C9H11N3O2.ClH.H2O/c10-8-7-3-1-2-4-12(7)11-9(8)14-6-5-13;;/h1-4,13H,5-6,10H2;1H;1H2. The van der Waals surface area contributed by atoms with Crippen LogP contribution in [-0.4, -0.2) is 33.4 Å². The molecule has 7 heteroatoms. The van der Waals surface area contributed by atoms with E-state index in [1.807, 2.05) is 18.2 Å². The predicted octanol–water partition coefficient (Wildman–Crippen LogP) is -0.115. The van der Waals surface area contributed by atoms with Gasteiger partial charge in [-0.05, 0) is 12.1 Å². The average Bonchev–Trinajstić information content (AvgIpc) is 2.54. The van der Waals surface area contributed by atoms with Crippen LogP contribution in [0.5, 0.6) is 5.88 Å². The monoisotopic (exact) mass is 247 g/mol. The summed E-state index contributed by atoms with van der Waals surface area (Å²) in [6.45, 7) is 0.154. The summed E-state index contributed by atoms with van der Waals surface area (Å²) >= 11 is 0. The van der Waals surface area contributed by atoms with E-state index in [1.54, 1.807) is 10.7 Å². The lowest BCUT2D eigenvalue weighted by atomic mass is 10.4. The second-order valence-electron chi connectivity index (χ2n) is 2.82. The van der Waals surface area contributed by atoms with Crippen LogP contribution in [0.15, 0.2) is 24.4 Å². The van der Waals surface area contributed by atoms with Gasteiger partial charge in [0.25, 0.3) is 5.88 Å². The topological polar surface area (TPSA) is 104 Å². The quantitative estimate of drug-likeness (QED) is 0.789. The molecule has 6 nitrogen and oxygen atoms in total. The molecule has 0 aromatic carbocycles. The minimum atomic E-state index is -0.0483. The molecule has 0 spiro atoms. The predicted molar refractivity (Wildman–Crippen MR) is 63.0 cm³/mol. The van der Waals surface area contributed by atoms with Crippen LogP contribution in [-0.2, 0) is 0 Å². The van der Waals surface area contributed by atoms with Gasteiger partial charge in [-0.2, -0.15) is 0 Å². The fourth-order valence-corrected chi connectivity index (χ4v) is 1.25. The van der Waals surface area contributed by atoms with Crippen LogP contribution in [0, 0.1) is 0 Å². The van der Waals surface area contributed by atoms with E-state index in [-0.39, 0.29) is 31.1 Å². The number of ether oxygens (including phenoxy) is 1. The molecule has 0 aliphatic rings. The molecular weight excluding hydrogens is 234 g/mol. The van der Waals surface area contributed by atoms with Crippen molar-refractivity contribution in [1.29, 1.82) is 0 Å². The third-order valence-electron chi connectivity index (χ3n) is 1.87. The number of pyridine rings is 1. The summed E-state index contributed by atoms with van der Waals surface area (Å²) in [5.74, 6) is 0.366. The molecule has 2 heterocycles. The van der Waals surface area contributed by atoms with Gasteiger partial charge in [0.15, 0.2) is 0 Å². The highest BCUT2D eigenvalue weighted by molar-refractivity contribution is 5.85. The lowest BCUT2D eigenvalue weighted by Crippen LogP contribution is -2.03. The van der Waals surface area contributed by atoms with Crippen LogP contribution in [0.2, 0.25) is 0 Å². The van der Waals surface area contributed by atoms with Gasteiger partial charge in [-0.1, -0.05) is 6.07 Å². The number of anilines is 1. The Hall–Kier alpha value is -1.50. The number of aliphatic hydroxyl groups excluding tert-OH is 1. The second kappa shape index (κ2) is 6.16. The van der Waals surface area contributed by atoms with Crippen LogP contribution >= 0.6 is 12.4 Å². The van der Waals surface area contributed by atoms with E-state index in [4.69, 9.17) is 15.6 Å². The van der Waals surface area contributed by atoms with Crippen molar-refractivity contribution in [1.82, 2.24) is 9.61 Å². The second-order valence-corrected chi connectivity index (χ2v) is 2.82. The molecule has 2 rings (SSSR count). The Labute approximate surface area is 98.3 Å². The van der Waals surface area contributed by atoms with Crippen molar-refractivity contribution >= 4 is 23.6 Å². The first kappa shape index (κ1) is 14.5. The summed E-state index contributed by atoms with van der Waals surface area (Å²) < 4.78 is 6.80. The van der Waals surface area contributed by atoms with Gasteiger partial charge >= 0.3 is 0 Å². The minimum absolute atomic E-state index is 0. The molecule has 0 atom stereocenters. The maximum Gasteiger partial charge on any atom is 0.257 e. The van der Waals surface area contributed by atoms with Gasteiger partial charge in [0.2, 0.25) is 0 Å². The van der Waals surface area contributed by atoms with E-state index in [0.717, 1.165) is 5.52 Å². The van der Waals surface area contributed by atoms with Crippen LogP contribution in [0.4, 0.5) is 5.69 Å². The maximum atomic E-state index is 8.59. The number of hydrogen-bond donors (Lipinski definition) is 2. The van der Waals surface area contributed by atoms with Crippen molar-refractivity contribution in [2.75, 3.05) is 18.9 Å². The first-order valence-corrected chi connectivity index (χ1v) is 4.29. The Morgan fingerprint density at radius 2 is 2.19 bits per heavy atom. The third-order valence-corrected chi connectivity index (χ3v) is 1.87. The number of fused-ring (bicyclic) bond motifs is 1. The highest BCUT2D eigenvalue weighted by Gasteiger charge is 2.09. The van der Waals surface area contributed by atoms with E-state index in [0.29, 0.717) is 11.6 Å². The number of nitrogens with two attached hydrogens (primary N) is 1. The molecule has 0 saturated carbocycles. The Bertz CT molecular complexity index is 446. The summed E-state index contributed by atoms with van der Waals surface area (Å²) in [5.41, 5.74) is 7.09. The lowest BCUT2D eigenvalue weighted by molar-refractivity contribution is 0.197. The summed E-state index contributed by atoms with van der Waals surface area (Å²) in [6.07, 6.45) is 1.79. The number of halogens is 1. The van der Waals surface area contributed by atoms with E-state index in [2.05, 4.69) is 5.10 Å². The molecule has 2 aromatic heterocycles. The first-order chi connectivity index (χ1) is 6.83. The van der Waals surface area contributed by atoms with Crippen LogP contribution < -0.4 is 10.5 Å². The summed E-state index contributed by atoms with van der Waals surface area (Å²) in [7, 11) is 0. The molecule has 0 fully saturated rings. The zero-order chi connectivity index (χ0) is 9.97. The van der Waals surface area contributed by atoms with Gasteiger partial charge in [-0.3, -0.25) is 0 Å². The zero-order valence-corrected chi connectivity index (χ0v) is 9.28. The highest BCUT2D eigenvalue weighted by atomic mass is 35.5. The Morgan fingerprint density at radius 1 is 1.44 bits per heavy atom. The first-order valence-electron chi connectivity index (χ1n) is 4.29. The molecule has 0 amide bonds. The lowest BCUT2D eigenvalue weighted by Gasteiger charge is -1.98. The van der Waals surface area contributed by atoms with Crippen LogP contribution in [0.3, 0.4) is 0 Å². The van der Waals surface area contributed by atoms with Crippen molar-refractivity contribution < 1.29 is 15.3 Å². The number of aliphatic hydroxyl groups is 1. The van der Waals surface area contributed by atoms with Crippen molar-refractivity contribution in [2.45, 2.75) is 0 Å². The molecule has 0 radical (unpaired) electrons. The smallest absolute Gasteiger partial charge is 0.257 e. The highest BCUT2D eigenvalue weighted by Crippen LogP contribution is 2.24. The fourth-order valence-electron chi connectivity index (χ4n) is 1.25. The summed E-state index contributed by atoms with van der Waals surface area (Å²) in [6, 6.07) is 5.59. The molecule has 0 saturated heterocycles. The van der Waals surface area contributed by atoms with E-state index in [1.165, 1.54) is 0 Å². The minimum Gasteiger partial charge on any atom is -0.473 e. The van der Waals surface area contributed by atoms with Gasteiger partial charge in [-0.25, -0.2) is 4.52 Å². The van der Waals surface area contributed by atoms with E-state index < -0.39 is 0 Å². The maximum absolute atomic E-state index is 8.59. The molecular formula is C9H14ClN3O3. The summed E-state index contributed by atoms with van der Waals surface area (Å²) in [4.78, 5) is 0. The molecule has 0 unspecified atom stereocenters. The molecule has 0 aliphatic heterocycles. The van der Waals surface area contributed by atoms with Gasteiger partial charge < -0.3 is 21.1 Å². The summed E-state index contributed by atoms with van der Waals surface area (Å²) in [5, 5.41) is 12.7. The molecule has 2 aromatic rings. The van der Waals surface area contributed by atoms with E-state index in [9.17, 15) is 0 Å². The largest absolute Gasteiger partial charge is 0.473 e. The average molecular weight is 248 g/mol. The van der Waals surface area contributed by atoms with E-state index >= 15 is 0 Å². The Balaban J connectivity index is 0.00000112. The number of nitrogens with zero attached hydrogens (tertiary/aromatic N) is 2. The molecule has 0 bridgehead atoms. The molecule has 5 N–H and O–H groups in total. The Kier molecular flexibility index (Phi) is 5.59. The Morgan fingerprint density at radius 3 is 2.81 bits per heavy atom. The van der Waals surface area contributed by atoms with Gasteiger partial charge in [0.05, 0.1) is 12.1 Å². The fraction of sp³-hybridized carbons (Fsp3) is 0.222. The molecule has 16 heavy (non-hydrogen) atoms. The normalized spacial score (nSPS) is 9.31.